The van der Waals surface area contributed by atoms with Gasteiger partial charge in [0.05, 0.1) is 5.02 Å². The van der Waals surface area contributed by atoms with Crippen LogP contribution in [-0.2, 0) is 6.54 Å². The van der Waals surface area contributed by atoms with Crippen LogP contribution in [0.15, 0.2) is 12.3 Å². The first-order valence-corrected chi connectivity index (χ1v) is 8.47. The Balaban J connectivity index is 2.09. The van der Waals surface area contributed by atoms with Gasteiger partial charge in [0, 0.05) is 25.3 Å². The number of rotatable bonds is 5. The molecule has 1 saturated heterocycles. The van der Waals surface area contributed by atoms with Gasteiger partial charge in [-0.05, 0) is 49.8 Å². The molecule has 4 heteroatoms. The highest BCUT2D eigenvalue weighted by Crippen LogP contribution is 2.28. The van der Waals surface area contributed by atoms with Crippen molar-refractivity contribution in [1.82, 2.24) is 10.3 Å². The number of piperidine rings is 1. The van der Waals surface area contributed by atoms with Crippen molar-refractivity contribution < 1.29 is 0 Å². The maximum Gasteiger partial charge on any atom is 0.129 e. The molecule has 2 heterocycles. The molecule has 0 amide bonds. The van der Waals surface area contributed by atoms with E-state index in [1.165, 1.54) is 12.8 Å². The molecule has 0 bridgehead atoms. The van der Waals surface area contributed by atoms with Crippen molar-refractivity contribution in [3.63, 3.8) is 0 Å². The lowest BCUT2D eigenvalue weighted by atomic mass is 9.95. The zero-order chi connectivity index (χ0) is 15.4. The molecule has 0 saturated carbocycles. The van der Waals surface area contributed by atoms with Crippen LogP contribution in [0.5, 0.6) is 0 Å². The van der Waals surface area contributed by atoms with E-state index in [4.69, 9.17) is 11.6 Å². The van der Waals surface area contributed by atoms with Gasteiger partial charge in [-0.1, -0.05) is 32.4 Å². The molecule has 0 radical (unpaired) electrons. The van der Waals surface area contributed by atoms with Crippen molar-refractivity contribution in [2.45, 2.75) is 53.1 Å². The Bertz CT molecular complexity index is 461. The number of pyridine rings is 1. The Morgan fingerprint density at radius 1 is 1.38 bits per heavy atom. The second-order valence-corrected chi connectivity index (χ2v) is 7.25. The predicted octanol–water partition coefficient (Wildman–Crippen LogP) is 4.11. The molecule has 2 unspecified atom stereocenters. The molecule has 0 spiro atoms. The minimum absolute atomic E-state index is 0.561. The highest BCUT2D eigenvalue weighted by Gasteiger charge is 2.24. The Morgan fingerprint density at radius 2 is 2.14 bits per heavy atom. The summed E-state index contributed by atoms with van der Waals surface area (Å²) in [5.41, 5.74) is 1.15. The Hall–Kier alpha value is -0.800. The van der Waals surface area contributed by atoms with Gasteiger partial charge in [-0.2, -0.15) is 0 Å². The Labute approximate surface area is 134 Å². The van der Waals surface area contributed by atoms with Crippen LogP contribution in [0.2, 0.25) is 5.02 Å². The molecule has 0 aromatic carbocycles. The topological polar surface area (TPSA) is 28.2 Å². The van der Waals surface area contributed by atoms with Crippen molar-refractivity contribution in [1.29, 1.82) is 0 Å². The molecular weight excluding hydrogens is 282 g/mol. The maximum absolute atomic E-state index is 6.29. The minimum atomic E-state index is 0.561. The van der Waals surface area contributed by atoms with E-state index >= 15 is 0 Å². The second-order valence-electron chi connectivity index (χ2n) is 6.84. The third kappa shape index (κ3) is 4.58. The van der Waals surface area contributed by atoms with Gasteiger partial charge in [-0.25, -0.2) is 4.98 Å². The van der Waals surface area contributed by atoms with Gasteiger partial charge in [0.15, 0.2) is 0 Å². The van der Waals surface area contributed by atoms with Crippen LogP contribution in [0.1, 0.15) is 46.1 Å². The highest BCUT2D eigenvalue weighted by molar-refractivity contribution is 6.31. The molecule has 118 valence electrons. The molecule has 1 aromatic heterocycles. The Morgan fingerprint density at radius 3 is 2.86 bits per heavy atom. The van der Waals surface area contributed by atoms with Crippen LogP contribution in [0.4, 0.5) is 5.82 Å². The van der Waals surface area contributed by atoms with E-state index in [0.717, 1.165) is 42.0 Å². The average Bonchev–Trinajstić information content (AvgIpc) is 2.43. The van der Waals surface area contributed by atoms with Crippen molar-refractivity contribution >= 4 is 17.4 Å². The van der Waals surface area contributed by atoms with E-state index in [0.29, 0.717) is 12.0 Å². The van der Waals surface area contributed by atoms with Gasteiger partial charge in [0.1, 0.15) is 5.82 Å². The number of nitrogens with one attached hydrogen (secondary N) is 1. The third-order valence-electron chi connectivity index (χ3n) is 4.20. The number of nitrogens with zero attached hydrogens (tertiary/aromatic N) is 2. The summed E-state index contributed by atoms with van der Waals surface area (Å²) in [5.74, 6) is 2.45. The molecule has 2 rings (SSSR count). The van der Waals surface area contributed by atoms with E-state index < -0.39 is 0 Å². The van der Waals surface area contributed by atoms with Gasteiger partial charge in [-0.3, -0.25) is 0 Å². The van der Waals surface area contributed by atoms with Crippen LogP contribution in [0.25, 0.3) is 0 Å². The molecular formula is C17H28ClN3. The zero-order valence-corrected chi connectivity index (χ0v) is 14.5. The number of hydrogen-bond donors (Lipinski definition) is 1. The largest absolute Gasteiger partial charge is 0.354 e. The van der Waals surface area contributed by atoms with Crippen LogP contribution in [-0.4, -0.2) is 24.1 Å². The monoisotopic (exact) mass is 309 g/mol. The van der Waals surface area contributed by atoms with Crippen LogP contribution < -0.4 is 10.2 Å². The molecule has 3 nitrogen and oxygen atoms in total. The average molecular weight is 310 g/mol. The van der Waals surface area contributed by atoms with E-state index in [2.05, 4.69) is 49.0 Å². The summed E-state index contributed by atoms with van der Waals surface area (Å²) in [7, 11) is 0. The molecule has 1 N–H and O–H groups in total. The molecule has 1 aromatic rings. The summed E-state index contributed by atoms with van der Waals surface area (Å²) in [6.45, 7) is 11.9. The van der Waals surface area contributed by atoms with Crippen LogP contribution in [0.3, 0.4) is 0 Å². The summed E-state index contributed by atoms with van der Waals surface area (Å²) < 4.78 is 0. The molecule has 21 heavy (non-hydrogen) atoms. The molecule has 1 aliphatic rings. The minimum Gasteiger partial charge on any atom is -0.354 e. The van der Waals surface area contributed by atoms with E-state index in [1.807, 2.05) is 0 Å². The lowest BCUT2D eigenvalue weighted by Crippen LogP contribution is -2.41. The van der Waals surface area contributed by atoms with E-state index in [9.17, 15) is 0 Å². The number of hydrogen-bond acceptors (Lipinski definition) is 3. The van der Waals surface area contributed by atoms with Crippen molar-refractivity contribution in [2.24, 2.45) is 11.8 Å². The predicted molar refractivity (Wildman–Crippen MR) is 91.0 cm³/mol. The normalized spacial score (nSPS) is 22.9. The maximum atomic E-state index is 6.29. The fraction of sp³-hybridized carbons (Fsp3) is 0.706. The first-order valence-electron chi connectivity index (χ1n) is 8.09. The first kappa shape index (κ1) is 16.6. The molecule has 1 fully saturated rings. The molecule has 2 atom stereocenters. The lowest BCUT2D eigenvalue weighted by Gasteiger charge is -2.38. The zero-order valence-electron chi connectivity index (χ0n) is 13.7. The first-order chi connectivity index (χ1) is 9.97. The summed E-state index contributed by atoms with van der Waals surface area (Å²) in [4.78, 5) is 6.98. The summed E-state index contributed by atoms with van der Waals surface area (Å²) in [6.07, 6.45) is 4.36. The molecule has 0 aliphatic carbocycles. The highest BCUT2D eigenvalue weighted by atomic mass is 35.5. The standard InChI is InChI=1S/C17H28ClN3/c1-12(2)8-19-9-15-7-17(20-10-16(15)18)21-11-13(3)5-6-14(21)4/h7,10,12-14,19H,5-6,8-9,11H2,1-4H3. The van der Waals surface area contributed by atoms with Crippen LogP contribution in [0, 0.1) is 11.8 Å². The fourth-order valence-electron chi connectivity index (χ4n) is 2.86. The van der Waals surface area contributed by atoms with Crippen molar-refractivity contribution in [2.75, 3.05) is 18.0 Å². The van der Waals surface area contributed by atoms with Gasteiger partial charge < -0.3 is 10.2 Å². The summed E-state index contributed by atoms with van der Waals surface area (Å²) >= 11 is 6.29. The smallest absolute Gasteiger partial charge is 0.129 e. The van der Waals surface area contributed by atoms with Crippen LogP contribution >= 0.6 is 11.6 Å². The van der Waals surface area contributed by atoms with E-state index in [1.54, 1.807) is 6.20 Å². The SMILES string of the molecule is CC(C)CNCc1cc(N2CC(C)CCC2C)ncc1Cl. The van der Waals surface area contributed by atoms with Gasteiger partial charge in [-0.15, -0.1) is 0 Å². The molecule has 1 aliphatic heterocycles. The second kappa shape index (κ2) is 7.46. The number of halogens is 1. The van der Waals surface area contributed by atoms with E-state index in [-0.39, 0.29) is 0 Å². The van der Waals surface area contributed by atoms with Crippen molar-refractivity contribution in [3.05, 3.63) is 22.8 Å². The quantitative estimate of drug-likeness (QED) is 0.887. The lowest BCUT2D eigenvalue weighted by molar-refractivity contribution is 0.388. The van der Waals surface area contributed by atoms with Gasteiger partial charge in [0.25, 0.3) is 0 Å². The fourth-order valence-corrected chi connectivity index (χ4v) is 3.03. The summed E-state index contributed by atoms with van der Waals surface area (Å²) in [5, 5.41) is 4.22. The summed E-state index contributed by atoms with van der Waals surface area (Å²) in [6, 6.07) is 2.72. The number of anilines is 1. The van der Waals surface area contributed by atoms with Gasteiger partial charge >= 0.3 is 0 Å². The Kier molecular flexibility index (Phi) is 5.88. The third-order valence-corrected chi connectivity index (χ3v) is 4.54. The van der Waals surface area contributed by atoms with Gasteiger partial charge in [0.2, 0.25) is 0 Å². The number of aromatic nitrogens is 1. The van der Waals surface area contributed by atoms with Crippen molar-refractivity contribution in [3.8, 4) is 0 Å².